The number of aromatic nitrogens is 2. The zero-order valence-electron chi connectivity index (χ0n) is 9.15. The van der Waals surface area contributed by atoms with Crippen molar-refractivity contribution in [3.8, 4) is 0 Å². The summed E-state index contributed by atoms with van der Waals surface area (Å²) < 4.78 is 13.6. The number of imidazole rings is 1. The Bertz CT molecular complexity index is 439. The maximum Gasteiger partial charge on any atom is 0.146 e. The molecule has 4 heteroatoms. The van der Waals surface area contributed by atoms with Gasteiger partial charge in [-0.05, 0) is 19.1 Å². The lowest BCUT2D eigenvalue weighted by molar-refractivity contribution is 0.616. The first kappa shape index (κ1) is 10.7. The first-order valence-electron chi connectivity index (χ1n) is 5.29. The smallest absolute Gasteiger partial charge is 0.146 e. The first-order chi connectivity index (χ1) is 7.81. The number of para-hydroxylation sites is 1. The zero-order chi connectivity index (χ0) is 11.4. The van der Waals surface area contributed by atoms with Gasteiger partial charge in [0.25, 0.3) is 0 Å². The van der Waals surface area contributed by atoms with Gasteiger partial charge in [0.1, 0.15) is 11.6 Å². The van der Waals surface area contributed by atoms with Gasteiger partial charge in [0.2, 0.25) is 0 Å². The Morgan fingerprint density at radius 2 is 2.19 bits per heavy atom. The molecular formula is C12H14FN3. The summed E-state index contributed by atoms with van der Waals surface area (Å²) in [6.07, 6.45) is 3.47. The monoisotopic (exact) mass is 219 g/mol. The van der Waals surface area contributed by atoms with E-state index in [4.69, 9.17) is 0 Å². The number of benzene rings is 1. The topological polar surface area (TPSA) is 31.9 Å². The van der Waals surface area contributed by atoms with Gasteiger partial charge in [0.15, 0.2) is 0 Å². The molecule has 2 rings (SSSR count). The van der Waals surface area contributed by atoms with Crippen LogP contribution in [-0.2, 0) is 6.54 Å². The van der Waals surface area contributed by atoms with Crippen LogP contribution in [0.3, 0.4) is 0 Å². The number of H-pyrrole nitrogens is 1. The Labute approximate surface area is 93.9 Å². The van der Waals surface area contributed by atoms with Crippen molar-refractivity contribution in [3.05, 3.63) is 48.3 Å². The molecular weight excluding hydrogens is 205 g/mol. The number of rotatable bonds is 4. The minimum absolute atomic E-state index is 0.198. The Balaban J connectivity index is 2.20. The van der Waals surface area contributed by atoms with Crippen molar-refractivity contribution in [2.75, 3.05) is 11.4 Å². The highest BCUT2D eigenvalue weighted by molar-refractivity contribution is 5.47. The second kappa shape index (κ2) is 4.79. The fraction of sp³-hybridized carbons (Fsp3) is 0.250. The normalized spacial score (nSPS) is 10.4. The quantitative estimate of drug-likeness (QED) is 0.857. The highest BCUT2D eigenvalue weighted by Gasteiger charge is 2.10. The summed E-state index contributed by atoms with van der Waals surface area (Å²) in [6.45, 7) is 3.32. The van der Waals surface area contributed by atoms with Crippen LogP contribution in [0.5, 0.6) is 0 Å². The molecule has 0 amide bonds. The van der Waals surface area contributed by atoms with Crippen LogP contribution >= 0.6 is 0 Å². The third-order valence-electron chi connectivity index (χ3n) is 2.47. The van der Waals surface area contributed by atoms with Crippen molar-refractivity contribution in [1.82, 2.24) is 9.97 Å². The van der Waals surface area contributed by atoms with Crippen molar-refractivity contribution in [2.45, 2.75) is 13.5 Å². The molecule has 0 unspecified atom stereocenters. The predicted octanol–water partition coefficient (Wildman–Crippen LogP) is 2.58. The van der Waals surface area contributed by atoms with Crippen molar-refractivity contribution in [1.29, 1.82) is 0 Å². The molecule has 0 aliphatic carbocycles. The van der Waals surface area contributed by atoms with Crippen LogP contribution in [0.1, 0.15) is 12.7 Å². The molecule has 0 aliphatic heterocycles. The minimum atomic E-state index is -0.198. The van der Waals surface area contributed by atoms with E-state index in [2.05, 4.69) is 9.97 Å². The summed E-state index contributed by atoms with van der Waals surface area (Å²) in [5.41, 5.74) is 0.612. The highest BCUT2D eigenvalue weighted by atomic mass is 19.1. The van der Waals surface area contributed by atoms with E-state index in [1.165, 1.54) is 6.07 Å². The molecule has 0 spiro atoms. The van der Waals surface area contributed by atoms with E-state index in [1.54, 1.807) is 24.5 Å². The molecule has 0 fully saturated rings. The molecule has 84 valence electrons. The van der Waals surface area contributed by atoms with Crippen LogP contribution in [0.15, 0.2) is 36.7 Å². The van der Waals surface area contributed by atoms with Crippen molar-refractivity contribution in [2.24, 2.45) is 0 Å². The Morgan fingerprint density at radius 3 is 2.81 bits per heavy atom. The average Bonchev–Trinajstić information content (AvgIpc) is 2.80. The number of hydrogen-bond acceptors (Lipinski definition) is 2. The lowest BCUT2D eigenvalue weighted by atomic mass is 10.2. The van der Waals surface area contributed by atoms with Gasteiger partial charge in [-0.15, -0.1) is 0 Å². The van der Waals surface area contributed by atoms with Crippen LogP contribution in [0.25, 0.3) is 0 Å². The molecule has 16 heavy (non-hydrogen) atoms. The first-order valence-corrected chi connectivity index (χ1v) is 5.29. The molecule has 1 aromatic heterocycles. The van der Waals surface area contributed by atoms with Gasteiger partial charge in [-0.1, -0.05) is 12.1 Å². The summed E-state index contributed by atoms with van der Waals surface area (Å²) >= 11 is 0. The summed E-state index contributed by atoms with van der Waals surface area (Å²) in [6, 6.07) is 6.78. The van der Waals surface area contributed by atoms with E-state index in [0.717, 1.165) is 12.4 Å². The van der Waals surface area contributed by atoms with Gasteiger partial charge in [0, 0.05) is 18.9 Å². The Morgan fingerprint density at radius 1 is 1.38 bits per heavy atom. The third-order valence-corrected chi connectivity index (χ3v) is 2.47. The molecule has 0 atom stereocenters. The number of anilines is 1. The maximum absolute atomic E-state index is 13.6. The lowest BCUT2D eigenvalue weighted by Gasteiger charge is -2.22. The highest BCUT2D eigenvalue weighted by Crippen LogP contribution is 2.19. The molecule has 3 nitrogen and oxygen atoms in total. The molecule has 0 radical (unpaired) electrons. The van der Waals surface area contributed by atoms with E-state index in [0.29, 0.717) is 12.2 Å². The molecule has 1 N–H and O–H groups in total. The summed E-state index contributed by atoms with van der Waals surface area (Å²) in [5.74, 6) is 0.640. The van der Waals surface area contributed by atoms with E-state index in [1.807, 2.05) is 17.9 Å². The van der Waals surface area contributed by atoms with Crippen LogP contribution in [0.2, 0.25) is 0 Å². The predicted molar refractivity (Wildman–Crippen MR) is 61.7 cm³/mol. The number of nitrogens with zero attached hydrogens (tertiary/aromatic N) is 2. The van der Waals surface area contributed by atoms with E-state index in [9.17, 15) is 4.39 Å². The summed E-state index contributed by atoms with van der Waals surface area (Å²) in [5, 5.41) is 0. The third kappa shape index (κ3) is 2.21. The van der Waals surface area contributed by atoms with Crippen LogP contribution < -0.4 is 4.90 Å². The van der Waals surface area contributed by atoms with E-state index < -0.39 is 0 Å². The molecule has 1 heterocycles. The molecule has 0 bridgehead atoms. The Kier molecular flexibility index (Phi) is 3.19. The number of halogens is 1. The SMILES string of the molecule is CCN(Cc1ncc[nH]1)c1ccccc1F. The van der Waals surface area contributed by atoms with Crippen LogP contribution in [0, 0.1) is 5.82 Å². The fourth-order valence-electron chi connectivity index (χ4n) is 1.64. The average molecular weight is 219 g/mol. The van der Waals surface area contributed by atoms with Gasteiger partial charge >= 0.3 is 0 Å². The van der Waals surface area contributed by atoms with Crippen molar-refractivity contribution in [3.63, 3.8) is 0 Å². The molecule has 1 aromatic carbocycles. The minimum Gasteiger partial charge on any atom is -0.362 e. The largest absolute Gasteiger partial charge is 0.362 e. The van der Waals surface area contributed by atoms with Crippen LogP contribution in [0.4, 0.5) is 10.1 Å². The number of hydrogen-bond donors (Lipinski definition) is 1. The molecule has 2 aromatic rings. The van der Waals surface area contributed by atoms with Crippen molar-refractivity contribution < 1.29 is 4.39 Å². The standard InChI is InChI=1S/C12H14FN3/c1-2-16(9-12-14-7-8-15-12)11-6-4-3-5-10(11)13/h3-8H,2,9H2,1H3,(H,14,15). The lowest BCUT2D eigenvalue weighted by Crippen LogP contribution is -2.23. The van der Waals surface area contributed by atoms with Gasteiger partial charge in [-0.25, -0.2) is 9.37 Å². The number of aromatic amines is 1. The molecule has 0 aliphatic rings. The number of nitrogens with one attached hydrogen (secondary N) is 1. The second-order valence-electron chi connectivity index (χ2n) is 3.50. The summed E-state index contributed by atoms with van der Waals surface area (Å²) in [7, 11) is 0. The summed E-state index contributed by atoms with van der Waals surface area (Å²) in [4.78, 5) is 9.09. The van der Waals surface area contributed by atoms with E-state index >= 15 is 0 Å². The fourth-order valence-corrected chi connectivity index (χ4v) is 1.64. The zero-order valence-corrected chi connectivity index (χ0v) is 9.15. The van der Waals surface area contributed by atoms with E-state index in [-0.39, 0.29) is 5.82 Å². The molecule has 0 saturated heterocycles. The Hall–Kier alpha value is -1.84. The van der Waals surface area contributed by atoms with Gasteiger partial charge in [0.05, 0.1) is 12.2 Å². The van der Waals surface area contributed by atoms with Gasteiger partial charge < -0.3 is 9.88 Å². The van der Waals surface area contributed by atoms with Gasteiger partial charge in [-0.2, -0.15) is 0 Å². The maximum atomic E-state index is 13.6. The second-order valence-corrected chi connectivity index (χ2v) is 3.50. The van der Waals surface area contributed by atoms with Crippen molar-refractivity contribution >= 4 is 5.69 Å². The molecule has 0 saturated carbocycles. The van der Waals surface area contributed by atoms with Crippen LogP contribution in [-0.4, -0.2) is 16.5 Å². The van der Waals surface area contributed by atoms with Gasteiger partial charge in [-0.3, -0.25) is 0 Å².